The van der Waals surface area contributed by atoms with Crippen LogP contribution in [0.15, 0.2) is 77.7 Å². The van der Waals surface area contributed by atoms with E-state index in [1.807, 2.05) is 48.6 Å². The van der Waals surface area contributed by atoms with Crippen molar-refractivity contribution in [1.29, 1.82) is 0 Å². The van der Waals surface area contributed by atoms with Crippen LogP contribution in [-0.4, -0.2) is 42.2 Å². The van der Waals surface area contributed by atoms with E-state index in [0.29, 0.717) is 12.4 Å². The quantitative estimate of drug-likeness (QED) is 0.430. The molecule has 0 aliphatic carbocycles. The molecular formula is C21H24ClN3O2S. The second-order valence-electron chi connectivity index (χ2n) is 6.04. The molecule has 1 aromatic carbocycles. The lowest BCUT2D eigenvalue weighted by molar-refractivity contribution is 0.149. The lowest BCUT2D eigenvalue weighted by atomic mass is 10.2. The van der Waals surface area contributed by atoms with Crippen molar-refractivity contribution in [1.82, 2.24) is 9.88 Å². The van der Waals surface area contributed by atoms with E-state index in [2.05, 4.69) is 23.0 Å². The van der Waals surface area contributed by atoms with Crippen LogP contribution in [-0.2, 0) is 4.74 Å². The number of hydrogen-bond donors (Lipinski definition) is 0. The van der Waals surface area contributed by atoms with E-state index in [9.17, 15) is 4.79 Å². The van der Waals surface area contributed by atoms with E-state index < -0.39 is 6.09 Å². The minimum absolute atomic E-state index is 0. The standard InChI is InChI=1S/C21H23N3O2S.ClH/c1-3-13-23(14-4-2)15-8-16-26-21(25)24-17-9-5-6-10-18(17)27-19-11-7-12-22-20(19)24;/h3-7,9-12H,1-2,8,13-16H2;1H. The van der Waals surface area contributed by atoms with Crippen LogP contribution in [0.3, 0.4) is 0 Å². The third-order valence-electron chi connectivity index (χ3n) is 4.09. The van der Waals surface area contributed by atoms with E-state index in [4.69, 9.17) is 4.74 Å². The van der Waals surface area contributed by atoms with Gasteiger partial charge in [0.15, 0.2) is 5.82 Å². The summed E-state index contributed by atoms with van der Waals surface area (Å²) in [5, 5.41) is 0. The number of aromatic nitrogens is 1. The topological polar surface area (TPSA) is 45.7 Å². The van der Waals surface area contributed by atoms with Crippen LogP contribution < -0.4 is 4.90 Å². The molecule has 148 valence electrons. The first-order valence-electron chi connectivity index (χ1n) is 8.87. The summed E-state index contributed by atoms with van der Waals surface area (Å²) >= 11 is 1.61. The van der Waals surface area contributed by atoms with Crippen LogP contribution in [0.1, 0.15) is 6.42 Å². The summed E-state index contributed by atoms with van der Waals surface area (Å²) < 4.78 is 5.56. The number of pyridine rings is 1. The molecule has 0 unspecified atom stereocenters. The van der Waals surface area contributed by atoms with Gasteiger partial charge in [0.05, 0.1) is 17.2 Å². The number of amides is 1. The number of benzene rings is 1. The Kier molecular flexibility index (Phi) is 8.57. The number of carbonyl (C=O) groups is 1. The number of fused-ring (bicyclic) bond motifs is 2. The van der Waals surface area contributed by atoms with Gasteiger partial charge in [-0.05, 0) is 30.7 Å². The predicted molar refractivity (Wildman–Crippen MR) is 117 cm³/mol. The average Bonchev–Trinajstić information content (AvgIpc) is 2.69. The Morgan fingerprint density at radius 2 is 1.86 bits per heavy atom. The highest BCUT2D eigenvalue weighted by atomic mass is 35.5. The highest BCUT2D eigenvalue weighted by Gasteiger charge is 2.30. The summed E-state index contributed by atoms with van der Waals surface area (Å²) in [7, 11) is 0. The SMILES string of the molecule is C=CCN(CC=C)CCCOC(=O)N1c2ccccc2Sc2cccnc21.Cl. The number of halogens is 1. The first-order chi connectivity index (χ1) is 13.2. The Morgan fingerprint density at radius 1 is 1.14 bits per heavy atom. The molecule has 28 heavy (non-hydrogen) atoms. The number of ether oxygens (including phenoxy) is 1. The molecule has 5 nitrogen and oxygen atoms in total. The van der Waals surface area contributed by atoms with Gasteiger partial charge in [0, 0.05) is 30.7 Å². The minimum atomic E-state index is -0.401. The van der Waals surface area contributed by atoms with Gasteiger partial charge in [-0.15, -0.1) is 25.6 Å². The molecule has 2 aromatic rings. The molecule has 0 saturated heterocycles. The van der Waals surface area contributed by atoms with Crippen LogP contribution in [0.25, 0.3) is 0 Å². The van der Waals surface area contributed by atoms with Gasteiger partial charge in [-0.2, -0.15) is 0 Å². The van der Waals surface area contributed by atoms with Gasteiger partial charge in [0.1, 0.15) is 0 Å². The van der Waals surface area contributed by atoms with Gasteiger partial charge >= 0.3 is 6.09 Å². The van der Waals surface area contributed by atoms with Crippen LogP contribution in [0.4, 0.5) is 16.3 Å². The zero-order valence-electron chi connectivity index (χ0n) is 15.6. The van der Waals surface area contributed by atoms with Crippen LogP contribution in [0.2, 0.25) is 0 Å². The predicted octanol–water partition coefficient (Wildman–Crippen LogP) is 5.31. The number of anilines is 2. The first-order valence-corrected chi connectivity index (χ1v) is 9.69. The Bertz CT molecular complexity index is 775. The number of rotatable bonds is 8. The molecule has 2 heterocycles. The van der Waals surface area contributed by atoms with Gasteiger partial charge in [0.25, 0.3) is 0 Å². The van der Waals surface area contributed by atoms with E-state index in [1.54, 1.807) is 22.9 Å². The van der Waals surface area contributed by atoms with Gasteiger partial charge in [-0.3, -0.25) is 4.90 Å². The van der Waals surface area contributed by atoms with Crippen molar-refractivity contribution < 1.29 is 9.53 Å². The maximum absolute atomic E-state index is 12.8. The molecule has 1 aromatic heterocycles. The molecule has 0 spiro atoms. The average molecular weight is 418 g/mol. The second-order valence-corrected chi connectivity index (χ2v) is 7.12. The normalized spacial score (nSPS) is 11.8. The van der Waals surface area contributed by atoms with Crippen LogP contribution >= 0.6 is 24.2 Å². The Hall–Kier alpha value is -2.28. The van der Waals surface area contributed by atoms with Crippen molar-refractivity contribution in [2.75, 3.05) is 31.1 Å². The minimum Gasteiger partial charge on any atom is -0.449 e. The summed E-state index contributed by atoms with van der Waals surface area (Å²) in [6, 6.07) is 11.6. The van der Waals surface area contributed by atoms with Gasteiger partial charge in [-0.25, -0.2) is 14.7 Å². The molecule has 0 bridgehead atoms. The third kappa shape index (κ3) is 5.16. The first kappa shape index (κ1) is 22.0. The molecule has 1 aliphatic heterocycles. The summed E-state index contributed by atoms with van der Waals surface area (Å²) in [6.45, 7) is 10.3. The Labute approximate surface area is 176 Å². The Morgan fingerprint density at radius 3 is 2.61 bits per heavy atom. The molecule has 3 rings (SSSR count). The van der Waals surface area contributed by atoms with E-state index in [-0.39, 0.29) is 12.4 Å². The van der Waals surface area contributed by atoms with Crippen LogP contribution in [0.5, 0.6) is 0 Å². The molecule has 0 radical (unpaired) electrons. The fourth-order valence-electron chi connectivity index (χ4n) is 2.91. The maximum Gasteiger partial charge on any atom is 0.420 e. The van der Waals surface area contributed by atoms with Gasteiger partial charge < -0.3 is 4.74 Å². The van der Waals surface area contributed by atoms with Crippen molar-refractivity contribution in [3.63, 3.8) is 0 Å². The van der Waals surface area contributed by atoms with E-state index in [0.717, 1.165) is 41.5 Å². The number of carbonyl (C=O) groups excluding carboxylic acids is 1. The van der Waals surface area contributed by atoms with Crippen molar-refractivity contribution in [3.8, 4) is 0 Å². The lowest BCUT2D eigenvalue weighted by Crippen LogP contribution is -2.31. The lowest BCUT2D eigenvalue weighted by Gasteiger charge is -2.29. The summed E-state index contributed by atoms with van der Waals surface area (Å²) in [4.78, 5) is 22.9. The number of para-hydroxylation sites is 1. The van der Waals surface area contributed by atoms with Crippen molar-refractivity contribution in [3.05, 3.63) is 67.9 Å². The Balaban J connectivity index is 0.00000280. The maximum atomic E-state index is 12.8. The van der Waals surface area contributed by atoms with Gasteiger partial charge in [0.2, 0.25) is 0 Å². The fraction of sp³-hybridized carbons (Fsp3) is 0.238. The number of hydrogen-bond acceptors (Lipinski definition) is 5. The molecule has 0 saturated carbocycles. The zero-order valence-corrected chi connectivity index (χ0v) is 17.3. The fourth-order valence-corrected chi connectivity index (χ4v) is 3.94. The third-order valence-corrected chi connectivity index (χ3v) is 5.19. The summed E-state index contributed by atoms with van der Waals surface area (Å²) in [6.07, 6.45) is 5.76. The van der Waals surface area contributed by atoms with E-state index in [1.165, 1.54) is 0 Å². The van der Waals surface area contributed by atoms with Crippen molar-refractivity contribution in [2.24, 2.45) is 0 Å². The largest absolute Gasteiger partial charge is 0.449 e. The summed E-state index contributed by atoms with van der Waals surface area (Å²) in [5.41, 5.74) is 0.804. The monoisotopic (exact) mass is 417 g/mol. The highest BCUT2D eigenvalue weighted by molar-refractivity contribution is 7.99. The van der Waals surface area contributed by atoms with Crippen molar-refractivity contribution >= 4 is 41.8 Å². The molecule has 1 aliphatic rings. The molecule has 0 atom stereocenters. The summed E-state index contributed by atoms with van der Waals surface area (Å²) in [5.74, 6) is 0.617. The van der Waals surface area contributed by atoms with E-state index >= 15 is 0 Å². The molecule has 7 heteroatoms. The van der Waals surface area contributed by atoms with Crippen molar-refractivity contribution in [2.45, 2.75) is 16.2 Å². The zero-order chi connectivity index (χ0) is 19.1. The van der Waals surface area contributed by atoms with Gasteiger partial charge in [-0.1, -0.05) is 36.0 Å². The molecule has 0 N–H and O–H groups in total. The molecule has 1 amide bonds. The highest BCUT2D eigenvalue weighted by Crippen LogP contribution is 2.46. The number of nitrogens with zero attached hydrogens (tertiary/aromatic N) is 3. The smallest absolute Gasteiger partial charge is 0.420 e. The molecule has 0 fully saturated rings. The second kappa shape index (κ2) is 10.9. The molecular weight excluding hydrogens is 394 g/mol. The van der Waals surface area contributed by atoms with Crippen LogP contribution in [0, 0.1) is 0 Å².